The first-order valence-corrected chi connectivity index (χ1v) is 6.17. The molecule has 0 aromatic carbocycles. The number of rotatable bonds is 2. The average molecular weight is 241 g/mol. The van der Waals surface area contributed by atoms with Crippen molar-refractivity contribution in [3.05, 3.63) is 0 Å². The molecule has 0 saturated carbocycles. The number of carboxylic acids is 1. The van der Waals surface area contributed by atoms with E-state index in [4.69, 9.17) is 0 Å². The van der Waals surface area contributed by atoms with Crippen molar-refractivity contribution in [3.8, 4) is 0 Å². The Labute approximate surface area is 100 Å². The second kappa shape index (κ2) is 5.46. The normalized spacial score (nSPS) is 31.6. The van der Waals surface area contributed by atoms with Crippen LogP contribution in [0.5, 0.6) is 0 Å². The molecule has 17 heavy (non-hydrogen) atoms. The van der Waals surface area contributed by atoms with Crippen LogP contribution >= 0.6 is 0 Å². The van der Waals surface area contributed by atoms with E-state index in [1.807, 2.05) is 4.90 Å². The Kier molecular flexibility index (Phi) is 3.96. The molecular weight excluding hydrogens is 222 g/mol. The monoisotopic (exact) mass is 241 g/mol. The smallest absolute Gasteiger partial charge is 0.322 e. The van der Waals surface area contributed by atoms with Crippen LogP contribution in [0.3, 0.4) is 0 Å². The van der Waals surface area contributed by atoms with Gasteiger partial charge in [0.05, 0.1) is 6.04 Å². The van der Waals surface area contributed by atoms with Crippen LogP contribution in [0.1, 0.15) is 19.3 Å². The number of nitrogens with zero attached hydrogens (tertiary/aromatic N) is 1. The molecule has 2 unspecified atom stereocenters. The fraction of sp³-hybridized carbons (Fsp3) is 0.818. The first-order valence-electron chi connectivity index (χ1n) is 6.17. The number of carboxylic acid groups (broad SMARTS) is 1. The zero-order valence-electron chi connectivity index (χ0n) is 9.82. The summed E-state index contributed by atoms with van der Waals surface area (Å²) in [5.74, 6) is -0.870. The number of carbonyl (C=O) groups is 2. The average Bonchev–Trinajstić information content (AvgIpc) is 2.54. The maximum Gasteiger partial charge on any atom is 0.322 e. The van der Waals surface area contributed by atoms with Gasteiger partial charge in [0, 0.05) is 26.2 Å². The van der Waals surface area contributed by atoms with Gasteiger partial charge < -0.3 is 15.7 Å². The molecule has 2 rings (SSSR count). The summed E-state index contributed by atoms with van der Waals surface area (Å²) in [6.07, 6.45) is 2.71. The van der Waals surface area contributed by atoms with Crippen molar-refractivity contribution in [2.75, 3.05) is 26.2 Å². The quantitative estimate of drug-likeness (QED) is 0.578. The fourth-order valence-electron chi connectivity index (χ4n) is 2.56. The summed E-state index contributed by atoms with van der Waals surface area (Å²) in [6.45, 7) is 2.49. The van der Waals surface area contributed by atoms with E-state index in [1.165, 1.54) is 0 Å². The van der Waals surface area contributed by atoms with Gasteiger partial charge in [0.15, 0.2) is 0 Å². The molecule has 0 aromatic heterocycles. The van der Waals surface area contributed by atoms with Crippen LogP contribution in [0.15, 0.2) is 0 Å². The Balaban J connectivity index is 2.11. The largest absolute Gasteiger partial charge is 0.480 e. The molecule has 2 aliphatic heterocycles. The van der Waals surface area contributed by atoms with Gasteiger partial charge in [-0.05, 0) is 19.3 Å². The zero-order valence-corrected chi connectivity index (χ0v) is 9.82. The van der Waals surface area contributed by atoms with Crippen molar-refractivity contribution in [3.63, 3.8) is 0 Å². The van der Waals surface area contributed by atoms with E-state index in [9.17, 15) is 14.7 Å². The van der Waals surface area contributed by atoms with Gasteiger partial charge in [0.1, 0.15) is 6.04 Å². The molecule has 2 atom stereocenters. The first kappa shape index (κ1) is 12.3. The number of aliphatic carboxylic acids is 1. The van der Waals surface area contributed by atoms with Crippen molar-refractivity contribution < 1.29 is 14.7 Å². The maximum atomic E-state index is 11.9. The number of hydrogen-bond donors (Lipinski definition) is 3. The zero-order chi connectivity index (χ0) is 12.3. The summed E-state index contributed by atoms with van der Waals surface area (Å²) in [4.78, 5) is 24.9. The molecule has 6 heteroatoms. The summed E-state index contributed by atoms with van der Waals surface area (Å²) in [6, 6.07) is -0.863. The molecule has 2 heterocycles. The van der Waals surface area contributed by atoms with Gasteiger partial charge >= 0.3 is 5.97 Å². The van der Waals surface area contributed by atoms with Crippen molar-refractivity contribution in [2.45, 2.75) is 31.3 Å². The molecule has 2 aliphatic rings. The summed E-state index contributed by atoms with van der Waals surface area (Å²) >= 11 is 0. The van der Waals surface area contributed by atoms with E-state index < -0.39 is 12.0 Å². The van der Waals surface area contributed by atoms with Gasteiger partial charge in [-0.3, -0.25) is 14.5 Å². The lowest BCUT2D eigenvalue weighted by Gasteiger charge is -2.38. The van der Waals surface area contributed by atoms with Crippen LogP contribution in [0.2, 0.25) is 0 Å². The third kappa shape index (κ3) is 2.76. The number of amides is 1. The first-order chi connectivity index (χ1) is 8.20. The van der Waals surface area contributed by atoms with Crippen LogP contribution in [0.25, 0.3) is 0 Å². The van der Waals surface area contributed by atoms with Crippen molar-refractivity contribution in [1.82, 2.24) is 15.5 Å². The second-order valence-electron chi connectivity index (χ2n) is 4.60. The van der Waals surface area contributed by atoms with Crippen molar-refractivity contribution in [2.24, 2.45) is 0 Å². The highest BCUT2D eigenvalue weighted by Crippen LogP contribution is 2.16. The van der Waals surface area contributed by atoms with E-state index in [2.05, 4.69) is 10.6 Å². The van der Waals surface area contributed by atoms with Crippen LogP contribution in [-0.2, 0) is 9.59 Å². The Morgan fingerprint density at radius 2 is 2.18 bits per heavy atom. The minimum atomic E-state index is -0.853. The summed E-state index contributed by atoms with van der Waals surface area (Å²) in [7, 11) is 0. The van der Waals surface area contributed by atoms with Crippen LogP contribution in [0.4, 0.5) is 0 Å². The minimum absolute atomic E-state index is 0.0179. The van der Waals surface area contributed by atoms with E-state index in [-0.39, 0.29) is 11.9 Å². The molecule has 2 fully saturated rings. The van der Waals surface area contributed by atoms with E-state index in [0.717, 1.165) is 25.8 Å². The van der Waals surface area contributed by atoms with Crippen LogP contribution in [0, 0.1) is 0 Å². The standard InChI is InChI=1S/C11H19N3O3/c15-10-8(3-1-2-4-13-10)14-6-5-12-7-9(14)11(16)17/h8-9,12H,1-7H2,(H,13,15)(H,16,17). The van der Waals surface area contributed by atoms with Gasteiger partial charge in [-0.2, -0.15) is 0 Å². The maximum absolute atomic E-state index is 11.9. The minimum Gasteiger partial charge on any atom is -0.480 e. The third-order valence-electron chi connectivity index (χ3n) is 3.48. The highest BCUT2D eigenvalue weighted by Gasteiger charge is 2.37. The molecule has 0 spiro atoms. The van der Waals surface area contributed by atoms with Gasteiger partial charge in [-0.25, -0.2) is 0 Å². The Morgan fingerprint density at radius 3 is 2.94 bits per heavy atom. The SMILES string of the molecule is O=C(O)C1CNCCN1C1CCCCNC1=O. The predicted molar refractivity (Wildman–Crippen MR) is 61.6 cm³/mol. The lowest BCUT2D eigenvalue weighted by atomic mass is 10.0. The number of hydrogen-bond acceptors (Lipinski definition) is 4. The molecule has 96 valence electrons. The number of piperazine rings is 1. The summed E-state index contributed by atoms with van der Waals surface area (Å²) in [5, 5.41) is 15.1. The second-order valence-corrected chi connectivity index (χ2v) is 4.60. The predicted octanol–water partition coefficient (Wildman–Crippen LogP) is -0.986. The van der Waals surface area contributed by atoms with E-state index >= 15 is 0 Å². The molecular formula is C11H19N3O3. The molecule has 0 aliphatic carbocycles. The third-order valence-corrected chi connectivity index (χ3v) is 3.48. The Hall–Kier alpha value is -1.14. The van der Waals surface area contributed by atoms with Crippen molar-refractivity contribution >= 4 is 11.9 Å². The highest BCUT2D eigenvalue weighted by molar-refractivity contribution is 5.83. The van der Waals surface area contributed by atoms with E-state index in [1.54, 1.807) is 0 Å². The fourth-order valence-corrected chi connectivity index (χ4v) is 2.56. The van der Waals surface area contributed by atoms with E-state index in [0.29, 0.717) is 19.6 Å². The van der Waals surface area contributed by atoms with Gasteiger partial charge in [-0.15, -0.1) is 0 Å². The van der Waals surface area contributed by atoms with Crippen LogP contribution < -0.4 is 10.6 Å². The van der Waals surface area contributed by atoms with Gasteiger partial charge in [0.2, 0.25) is 5.91 Å². The van der Waals surface area contributed by atoms with Gasteiger partial charge in [0.25, 0.3) is 0 Å². The number of nitrogens with one attached hydrogen (secondary N) is 2. The molecule has 2 saturated heterocycles. The lowest BCUT2D eigenvalue weighted by molar-refractivity contribution is -0.146. The summed E-state index contributed by atoms with van der Waals surface area (Å²) in [5.41, 5.74) is 0. The Bertz CT molecular complexity index is 308. The molecule has 3 N–H and O–H groups in total. The van der Waals surface area contributed by atoms with Gasteiger partial charge in [-0.1, -0.05) is 0 Å². The lowest BCUT2D eigenvalue weighted by Crippen LogP contribution is -2.61. The Morgan fingerprint density at radius 1 is 1.35 bits per heavy atom. The van der Waals surface area contributed by atoms with Crippen LogP contribution in [-0.4, -0.2) is 60.1 Å². The molecule has 1 amide bonds. The summed E-state index contributed by atoms with van der Waals surface area (Å²) < 4.78 is 0. The topological polar surface area (TPSA) is 81.7 Å². The molecule has 0 aromatic rings. The van der Waals surface area contributed by atoms with Crippen molar-refractivity contribution in [1.29, 1.82) is 0 Å². The highest BCUT2D eigenvalue weighted by atomic mass is 16.4. The molecule has 0 bridgehead atoms. The molecule has 0 radical (unpaired) electrons. The number of carbonyl (C=O) groups excluding carboxylic acids is 1. The molecule has 6 nitrogen and oxygen atoms in total.